The van der Waals surface area contributed by atoms with Crippen molar-refractivity contribution in [2.75, 3.05) is 14.2 Å². The maximum absolute atomic E-state index is 6.34. The van der Waals surface area contributed by atoms with Crippen LogP contribution in [0.4, 0.5) is 0 Å². The van der Waals surface area contributed by atoms with E-state index in [1.54, 1.807) is 26.4 Å². The Labute approximate surface area is 134 Å². The van der Waals surface area contributed by atoms with Gasteiger partial charge in [0.25, 0.3) is 0 Å². The Kier molecular flexibility index (Phi) is 5.34. The normalized spacial score (nSPS) is 12.0. The summed E-state index contributed by atoms with van der Waals surface area (Å²) in [6.45, 7) is 0. The van der Waals surface area contributed by atoms with Gasteiger partial charge in [0.1, 0.15) is 11.5 Å². The number of hydrogen-bond donors (Lipinski definition) is 1. The first-order valence-electron chi connectivity index (χ1n) is 6.47. The molecule has 0 radical (unpaired) electrons. The van der Waals surface area contributed by atoms with Crippen molar-refractivity contribution in [3.8, 4) is 11.5 Å². The van der Waals surface area contributed by atoms with E-state index in [0.717, 1.165) is 11.1 Å². The molecule has 5 heteroatoms. The molecular weight excluding hydrogens is 309 g/mol. The van der Waals surface area contributed by atoms with Gasteiger partial charge in [0.15, 0.2) is 0 Å². The molecule has 0 fully saturated rings. The van der Waals surface area contributed by atoms with Gasteiger partial charge in [-0.3, -0.25) is 0 Å². The van der Waals surface area contributed by atoms with Crippen LogP contribution in [0.25, 0.3) is 0 Å². The molecule has 2 aromatic rings. The first kappa shape index (κ1) is 16.0. The minimum absolute atomic E-state index is 0.339. The van der Waals surface area contributed by atoms with Gasteiger partial charge in [-0.15, -0.1) is 0 Å². The molecule has 0 saturated carbocycles. The number of methoxy groups -OCH3 is 2. The topological polar surface area (TPSA) is 44.5 Å². The molecule has 2 N–H and O–H groups in total. The van der Waals surface area contributed by atoms with Crippen molar-refractivity contribution in [3.63, 3.8) is 0 Å². The summed E-state index contributed by atoms with van der Waals surface area (Å²) in [7, 11) is 3.21. The number of rotatable bonds is 5. The highest BCUT2D eigenvalue weighted by molar-refractivity contribution is 6.36. The van der Waals surface area contributed by atoms with Gasteiger partial charge in [-0.1, -0.05) is 35.3 Å². The fourth-order valence-corrected chi connectivity index (χ4v) is 2.85. The van der Waals surface area contributed by atoms with Gasteiger partial charge in [0.2, 0.25) is 0 Å². The maximum Gasteiger partial charge on any atom is 0.127 e. The second-order valence-electron chi connectivity index (χ2n) is 4.59. The van der Waals surface area contributed by atoms with E-state index >= 15 is 0 Å². The predicted molar refractivity (Wildman–Crippen MR) is 86.6 cm³/mol. The molecule has 2 rings (SSSR count). The highest BCUT2D eigenvalue weighted by Crippen LogP contribution is 2.36. The maximum atomic E-state index is 6.34. The van der Waals surface area contributed by atoms with Gasteiger partial charge in [-0.05, 0) is 36.2 Å². The highest BCUT2D eigenvalue weighted by atomic mass is 35.5. The van der Waals surface area contributed by atoms with Crippen LogP contribution in [0.1, 0.15) is 17.2 Å². The Hall–Kier alpha value is -1.42. The number of nitrogens with two attached hydrogens (primary N) is 1. The van der Waals surface area contributed by atoms with Crippen molar-refractivity contribution < 1.29 is 9.47 Å². The molecule has 112 valence electrons. The first-order valence-corrected chi connectivity index (χ1v) is 7.23. The van der Waals surface area contributed by atoms with Gasteiger partial charge in [-0.25, -0.2) is 0 Å². The van der Waals surface area contributed by atoms with E-state index in [4.69, 9.17) is 38.4 Å². The molecule has 0 aromatic heterocycles. The van der Waals surface area contributed by atoms with Gasteiger partial charge in [0.05, 0.1) is 19.8 Å². The molecule has 0 aliphatic carbocycles. The molecule has 21 heavy (non-hydrogen) atoms. The van der Waals surface area contributed by atoms with Crippen molar-refractivity contribution >= 4 is 23.2 Å². The minimum Gasteiger partial charge on any atom is -0.496 e. The fraction of sp³-hybridized carbons (Fsp3) is 0.250. The zero-order chi connectivity index (χ0) is 15.4. The molecule has 0 heterocycles. The third kappa shape index (κ3) is 3.43. The average molecular weight is 326 g/mol. The highest BCUT2D eigenvalue weighted by Gasteiger charge is 2.20. The van der Waals surface area contributed by atoms with Crippen LogP contribution in [0.15, 0.2) is 36.4 Å². The van der Waals surface area contributed by atoms with Crippen LogP contribution in [0, 0.1) is 0 Å². The number of hydrogen-bond acceptors (Lipinski definition) is 3. The second-order valence-corrected chi connectivity index (χ2v) is 5.40. The summed E-state index contributed by atoms with van der Waals surface area (Å²) in [5.41, 5.74) is 7.97. The van der Waals surface area contributed by atoms with Crippen molar-refractivity contribution in [2.24, 2.45) is 5.73 Å². The fourth-order valence-electron chi connectivity index (χ4n) is 2.29. The minimum atomic E-state index is -0.339. The lowest BCUT2D eigenvalue weighted by atomic mass is 9.98. The molecule has 2 aromatic carbocycles. The van der Waals surface area contributed by atoms with Gasteiger partial charge in [0, 0.05) is 16.1 Å². The predicted octanol–water partition coefficient (Wildman–Crippen LogP) is 4.25. The average Bonchev–Trinajstić information content (AvgIpc) is 2.49. The van der Waals surface area contributed by atoms with Crippen LogP contribution >= 0.6 is 23.2 Å². The van der Waals surface area contributed by atoms with E-state index in [0.29, 0.717) is 28.0 Å². The summed E-state index contributed by atoms with van der Waals surface area (Å²) in [6.07, 6.45) is 0.495. The SMILES string of the molecule is COc1cccc(OC)c1C(N)Cc1c(Cl)cccc1Cl. The summed E-state index contributed by atoms with van der Waals surface area (Å²) >= 11 is 12.4. The lowest BCUT2D eigenvalue weighted by Gasteiger charge is -2.20. The Morgan fingerprint density at radius 3 is 1.90 bits per heavy atom. The molecule has 0 aliphatic heterocycles. The van der Waals surface area contributed by atoms with Crippen LogP contribution in [0.5, 0.6) is 11.5 Å². The molecule has 1 unspecified atom stereocenters. The molecule has 3 nitrogen and oxygen atoms in total. The largest absolute Gasteiger partial charge is 0.496 e. The third-order valence-electron chi connectivity index (χ3n) is 3.32. The Morgan fingerprint density at radius 2 is 1.43 bits per heavy atom. The number of halogens is 2. The summed E-state index contributed by atoms with van der Waals surface area (Å²) in [4.78, 5) is 0. The first-order chi connectivity index (χ1) is 10.1. The Balaban J connectivity index is 2.39. The monoisotopic (exact) mass is 325 g/mol. The molecule has 0 aliphatic rings. The van der Waals surface area contributed by atoms with Crippen molar-refractivity contribution in [3.05, 3.63) is 57.6 Å². The van der Waals surface area contributed by atoms with Crippen LogP contribution in [-0.4, -0.2) is 14.2 Å². The molecule has 1 atom stereocenters. The molecule has 0 bridgehead atoms. The lowest BCUT2D eigenvalue weighted by Crippen LogP contribution is -2.16. The summed E-state index contributed by atoms with van der Waals surface area (Å²) in [5, 5.41) is 1.21. The van der Waals surface area contributed by atoms with E-state index in [1.165, 1.54) is 0 Å². The van der Waals surface area contributed by atoms with Crippen LogP contribution in [0.2, 0.25) is 10.0 Å². The Morgan fingerprint density at radius 1 is 0.952 bits per heavy atom. The van der Waals surface area contributed by atoms with Crippen molar-refractivity contribution in [2.45, 2.75) is 12.5 Å². The van der Waals surface area contributed by atoms with E-state index < -0.39 is 0 Å². The summed E-state index contributed by atoms with van der Waals surface area (Å²) in [5.74, 6) is 1.37. The number of ether oxygens (including phenoxy) is 2. The van der Waals surface area contributed by atoms with E-state index in [9.17, 15) is 0 Å². The molecule has 0 amide bonds. The quantitative estimate of drug-likeness (QED) is 0.893. The van der Waals surface area contributed by atoms with Crippen molar-refractivity contribution in [1.82, 2.24) is 0 Å². The smallest absolute Gasteiger partial charge is 0.127 e. The Bertz CT molecular complexity index is 589. The van der Waals surface area contributed by atoms with E-state index in [-0.39, 0.29) is 6.04 Å². The zero-order valence-electron chi connectivity index (χ0n) is 11.9. The van der Waals surface area contributed by atoms with E-state index in [1.807, 2.05) is 24.3 Å². The van der Waals surface area contributed by atoms with Crippen molar-refractivity contribution in [1.29, 1.82) is 0 Å². The number of benzene rings is 2. The summed E-state index contributed by atoms with van der Waals surface area (Å²) in [6, 6.07) is 10.6. The third-order valence-corrected chi connectivity index (χ3v) is 4.03. The second kappa shape index (κ2) is 7.03. The van der Waals surface area contributed by atoms with Gasteiger partial charge < -0.3 is 15.2 Å². The van der Waals surface area contributed by atoms with Gasteiger partial charge >= 0.3 is 0 Å². The molecule has 0 saturated heterocycles. The zero-order valence-corrected chi connectivity index (χ0v) is 13.4. The van der Waals surface area contributed by atoms with Gasteiger partial charge in [-0.2, -0.15) is 0 Å². The standard InChI is InChI=1S/C16H17Cl2NO2/c1-20-14-7-4-8-15(21-2)16(14)13(19)9-10-11(17)5-3-6-12(10)18/h3-8,13H,9,19H2,1-2H3. The molecule has 0 spiro atoms. The van der Waals surface area contributed by atoms with Crippen LogP contribution < -0.4 is 15.2 Å². The van der Waals surface area contributed by atoms with E-state index in [2.05, 4.69) is 0 Å². The van der Waals surface area contributed by atoms with Crippen LogP contribution in [0.3, 0.4) is 0 Å². The molecular formula is C16H17Cl2NO2. The summed E-state index contributed by atoms with van der Waals surface area (Å²) < 4.78 is 10.8. The lowest BCUT2D eigenvalue weighted by molar-refractivity contribution is 0.379. The van der Waals surface area contributed by atoms with Crippen LogP contribution in [-0.2, 0) is 6.42 Å².